The first-order valence-electron chi connectivity index (χ1n) is 6.06. The normalized spacial score (nSPS) is 12.4. The van der Waals surface area contributed by atoms with Crippen LogP contribution in [0.1, 0.15) is 11.1 Å². The van der Waals surface area contributed by atoms with Gasteiger partial charge in [-0.1, -0.05) is 35.5 Å². The SMILES string of the molecule is N/C(=N/O)c1cccn(CC(F)(F)c2ccccc2)c1=O. The Morgan fingerprint density at radius 2 is 1.90 bits per heavy atom. The first-order valence-corrected chi connectivity index (χ1v) is 6.06. The number of hydrogen-bond donors (Lipinski definition) is 2. The minimum atomic E-state index is -3.21. The van der Waals surface area contributed by atoms with Gasteiger partial charge in [0.25, 0.3) is 11.5 Å². The second-order valence-electron chi connectivity index (χ2n) is 4.41. The van der Waals surface area contributed by atoms with Crippen molar-refractivity contribution < 1.29 is 14.0 Å². The summed E-state index contributed by atoms with van der Waals surface area (Å²) in [5.41, 5.74) is 4.27. The molecule has 1 aromatic heterocycles. The highest BCUT2D eigenvalue weighted by molar-refractivity contribution is 5.96. The summed E-state index contributed by atoms with van der Waals surface area (Å²) in [6, 6.07) is 9.89. The molecule has 0 saturated carbocycles. The van der Waals surface area contributed by atoms with E-state index in [1.165, 1.54) is 42.6 Å². The molecule has 0 unspecified atom stereocenters. The number of pyridine rings is 1. The Balaban J connectivity index is 2.39. The molecule has 0 spiro atoms. The van der Waals surface area contributed by atoms with Gasteiger partial charge in [0.15, 0.2) is 5.84 Å². The third-order valence-corrected chi connectivity index (χ3v) is 2.97. The topological polar surface area (TPSA) is 80.6 Å². The van der Waals surface area contributed by atoms with Gasteiger partial charge in [-0.3, -0.25) is 4.79 Å². The summed E-state index contributed by atoms with van der Waals surface area (Å²) in [5, 5.41) is 11.3. The smallest absolute Gasteiger partial charge is 0.290 e. The predicted molar refractivity (Wildman–Crippen MR) is 73.5 cm³/mol. The zero-order valence-electron chi connectivity index (χ0n) is 10.9. The molecule has 0 aliphatic rings. The summed E-state index contributed by atoms with van der Waals surface area (Å²) in [5.74, 6) is -3.63. The summed E-state index contributed by atoms with van der Waals surface area (Å²) >= 11 is 0. The first kappa shape index (κ1) is 14.7. The lowest BCUT2D eigenvalue weighted by molar-refractivity contribution is -0.0231. The molecular weight excluding hydrogens is 280 g/mol. The van der Waals surface area contributed by atoms with Crippen LogP contribution in [0, 0.1) is 0 Å². The molecule has 5 nitrogen and oxygen atoms in total. The minimum absolute atomic E-state index is 0.135. The maximum Gasteiger partial charge on any atom is 0.290 e. The number of aromatic nitrogens is 1. The van der Waals surface area contributed by atoms with Gasteiger partial charge in [0.05, 0.1) is 12.1 Å². The molecule has 110 valence electrons. The zero-order valence-corrected chi connectivity index (χ0v) is 10.9. The lowest BCUT2D eigenvalue weighted by atomic mass is 10.1. The molecule has 0 aliphatic carbocycles. The number of oxime groups is 1. The van der Waals surface area contributed by atoms with E-state index in [1.54, 1.807) is 6.07 Å². The fraction of sp³-hybridized carbons (Fsp3) is 0.143. The van der Waals surface area contributed by atoms with Crippen LogP contribution in [0.2, 0.25) is 0 Å². The summed E-state index contributed by atoms with van der Waals surface area (Å²) in [4.78, 5) is 12.0. The minimum Gasteiger partial charge on any atom is -0.409 e. The Labute approximate surface area is 118 Å². The Morgan fingerprint density at radius 1 is 1.24 bits per heavy atom. The Morgan fingerprint density at radius 3 is 2.52 bits per heavy atom. The molecule has 2 rings (SSSR count). The van der Waals surface area contributed by atoms with Crippen molar-refractivity contribution in [3.63, 3.8) is 0 Å². The molecule has 21 heavy (non-hydrogen) atoms. The van der Waals surface area contributed by atoms with Crippen molar-refractivity contribution in [3.8, 4) is 0 Å². The number of alkyl halides is 2. The fourth-order valence-electron chi connectivity index (χ4n) is 1.90. The number of amidine groups is 1. The van der Waals surface area contributed by atoms with Gasteiger partial charge in [0, 0.05) is 11.8 Å². The molecule has 0 atom stereocenters. The number of halogens is 2. The van der Waals surface area contributed by atoms with Crippen molar-refractivity contribution >= 4 is 5.84 Å². The van der Waals surface area contributed by atoms with Crippen molar-refractivity contribution in [1.29, 1.82) is 0 Å². The summed E-state index contributed by atoms with van der Waals surface area (Å²) in [6.07, 6.45) is 1.23. The van der Waals surface area contributed by atoms with E-state index in [9.17, 15) is 13.6 Å². The van der Waals surface area contributed by atoms with Crippen molar-refractivity contribution in [1.82, 2.24) is 4.57 Å². The Bertz CT molecular complexity index is 712. The molecule has 1 aromatic carbocycles. The van der Waals surface area contributed by atoms with Crippen LogP contribution < -0.4 is 11.3 Å². The molecule has 0 aliphatic heterocycles. The summed E-state index contributed by atoms with van der Waals surface area (Å²) < 4.78 is 29.2. The zero-order chi connectivity index (χ0) is 15.5. The van der Waals surface area contributed by atoms with Crippen LogP contribution in [0.4, 0.5) is 8.78 Å². The third-order valence-electron chi connectivity index (χ3n) is 2.97. The van der Waals surface area contributed by atoms with Gasteiger partial charge in [-0.25, -0.2) is 0 Å². The molecule has 1 heterocycles. The highest BCUT2D eigenvalue weighted by Crippen LogP contribution is 2.29. The summed E-state index contributed by atoms with van der Waals surface area (Å²) in [6.45, 7) is -0.831. The van der Waals surface area contributed by atoms with Gasteiger partial charge in [-0.05, 0) is 12.1 Å². The number of nitrogens with two attached hydrogens (primary N) is 1. The predicted octanol–water partition coefficient (Wildman–Crippen LogP) is 1.73. The Hall–Kier alpha value is -2.70. The van der Waals surface area contributed by atoms with E-state index in [1.807, 2.05) is 0 Å². The van der Waals surface area contributed by atoms with Crippen molar-refractivity contribution in [2.75, 3.05) is 0 Å². The highest BCUT2D eigenvalue weighted by atomic mass is 19.3. The van der Waals surface area contributed by atoms with Gasteiger partial charge in [-0.15, -0.1) is 0 Å². The second kappa shape index (κ2) is 5.74. The van der Waals surface area contributed by atoms with Crippen molar-refractivity contribution in [2.24, 2.45) is 10.9 Å². The molecule has 0 bridgehead atoms. The highest BCUT2D eigenvalue weighted by Gasteiger charge is 2.32. The van der Waals surface area contributed by atoms with Gasteiger partial charge >= 0.3 is 0 Å². The van der Waals surface area contributed by atoms with Gasteiger partial charge < -0.3 is 15.5 Å². The lowest BCUT2D eigenvalue weighted by Gasteiger charge is -2.18. The monoisotopic (exact) mass is 293 g/mol. The van der Waals surface area contributed by atoms with E-state index in [0.29, 0.717) is 0 Å². The van der Waals surface area contributed by atoms with Gasteiger partial charge in [-0.2, -0.15) is 8.78 Å². The average Bonchev–Trinajstić information content (AvgIpc) is 2.49. The fourth-order valence-corrected chi connectivity index (χ4v) is 1.90. The number of benzene rings is 1. The molecule has 7 heteroatoms. The van der Waals surface area contributed by atoms with E-state index < -0.39 is 23.9 Å². The van der Waals surface area contributed by atoms with Crippen LogP contribution in [0.3, 0.4) is 0 Å². The van der Waals surface area contributed by atoms with E-state index in [2.05, 4.69) is 5.16 Å². The van der Waals surface area contributed by atoms with Gasteiger partial charge in [0.2, 0.25) is 0 Å². The standard InChI is InChI=1S/C14H13F2N3O2/c15-14(16,10-5-2-1-3-6-10)9-19-8-4-7-11(13(19)20)12(17)18-21/h1-8,21H,9H2,(H2,17,18). The maximum absolute atomic E-state index is 14.2. The Kier molecular flexibility index (Phi) is 4.02. The van der Waals surface area contributed by atoms with E-state index in [0.717, 1.165) is 4.57 Å². The van der Waals surface area contributed by atoms with E-state index in [4.69, 9.17) is 10.9 Å². The first-order chi connectivity index (χ1) is 9.95. The second-order valence-corrected chi connectivity index (χ2v) is 4.41. The van der Waals surface area contributed by atoms with Crippen molar-refractivity contribution in [2.45, 2.75) is 12.5 Å². The average molecular weight is 293 g/mol. The summed E-state index contributed by atoms with van der Waals surface area (Å²) in [7, 11) is 0. The van der Waals surface area contributed by atoms with Crippen LogP contribution in [0.25, 0.3) is 0 Å². The van der Waals surface area contributed by atoms with Crippen LogP contribution in [0.15, 0.2) is 58.6 Å². The van der Waals surface area contributed by atoms with Crippen LogP contribution in [-0.2, 0) is 12.5 Å². The van der Waals surface area contributed by atoms with Crippen LogP contribution in [-0.4, -0.2) is 15.6 Å². The largest absolute Gasteiger partial charge is 0.409 e. The molecule has 0 radical (unpaired) electrons. The number of hydrogen-bond acceptors (Lipinski definition) is 3. The van der Waals surface area contributed by atoms with Crippen LogP contribution >= 0.6 is 0 Å². The molecule has 0 saturated heterocycles. The third kappa shape index (κ3) is 3.07. The lowest BCUT2D eigenvalue weighted by Crippen LogP contribution is -2.34. The molecule has 0 fully saturated rings. The van der Waals surface area contributed by atoms with E-state index in [-0.39, 0.29) is 11.1 Å². The van der Waals surface area contributed by atoms with E-state index >= 15 is 0 Å². The molecule has 2 aromatic rings. The van der Waals surface area contributed by atoms with Gasteiger partial charge in [0.1, 0.15) is 0 Å². The molecule has 3 N–H and O–H groups in total. The maximum atomic E-state index is 14.2. The number of nitrogens with zero attached hydrogens (tertiary/aromatic N) is 2. The van der Waals surface area contributed by atoms with Crippen LogP contribution in [0.5, 0.6) is 0 Å². The van der Waals surface area contributed by atoms with Crippen molar-refractivity contribution in [3.05, 3.63) is 70.1 Å². The molecule has 0 amide bonds. The quantitative estimate of drug-likeness (QED) is 0.390. The number of rotatable bonds is 4. The molecular formula is C14H13F2N3O2.